The third-order valence-electron chi connectivity index (χ3n) is 6.46. The maximum Gasteiger partial charge on any atom is 0.295 e. The first-order chi connectivity index (χ1) is 17.9. The van der Waals surface area contributed by atoms with E-state index in [0.29, 0.717) is 17.9 Å². The fourth-order valence-corrected chi connectivity index (χ4v) is 4.66. The number of nitrogens with zero attached hydrogens (tertiary/aromatic N) is 6. The Labute approximate surface area is 211 Å². The van der Waals surface area contributed by atoms with Gasteiger partial charge in [0.25, 0.3) is 12.0 Å². The maximum absolute atomic E-state index is 13.6. The van der Waals surface area contributed by atoms with Crippen molar-refractivity contribution in [1.82, 2.24) is 29.3 Å². The number of benzene rings is 1. The number of imidazole rings is 1. The molecular formula is C25H29F2N7O3. The molecule has 1 aliphatic rings. The molecule has 1 saturated heterocycles. The number of anilines is 1. The summed E-state index contributed by atoms with van der Waals surface area (Å²) in [5.41, 5.74) is 0.924. The molecule has 37 heavy (non-hydrogen) atoms. The van der Waals surface area contributed by atoms with E-state index in [0.717, 1.165) is 41.9 Å². The van der Waals surface area contributed by atoms with Crippen molar-refractivity contribution in [1.29, 1.82) is 0 Å². The van der Waals surface area contributed by atoms with Crippen LogP contribution in [0.2, 0.25) is 0 Å². The van der Waals surface area contributed by atoms with Gasteiger partial charge in [-0.3, -0.25) is 14.0 Å². The third-order valence-corrected chi connectivity index (χ3v) is 6.46. The minimum atomic E-state index is -2.89. The van der Waals surface area contributed by atoms with Crippen LogP contribution in [0.4, 0.5) is 14.5 Å². The number of halogens is 2. The second kappa shape index (κ2) is 10.2. The average Bonchev–Trinajstić information content (AvgIpc) is 3.49. The van der Waals surface area contributed by atoms with Crippen molar-refractivity contribution in [3.8, 4) is 23.0 Å². The SMILES string of the molecule is CCCn1c(C(F)F)nc2nc(-c3nn(C)cc3OC3CCN(c4cccc(OC)c4)CC3)[nH]c2c1=O. The van der Waals surface area contributed by atoms with E-state index in [-0.39, 0.29) is 29.6 Å². The van der Waals surface area contributed by atoms with Crippen LogP contribution in [0.15, 0.2) is 35.3 Å². The Hall–Kier alpha value is -3.96. The Kier molecular flexibility index (Phi) is 6.81. The first-order valence-electron chi connectivity index (χ1n) is 12.3. The maximum atomic E-state index is 13.6. The van der Waals surface area contributed by atoms with Crippen LogP contribution >= 0.6 is 0 Å². The molecule has 10 nitrogen and oxygen atoms in total. The Balaban J connectivity index is 1.38. The molecule has 0 saturated carbocycles. The molecule has 4 heterocycles. The van der Waals surface area contributed by atoms with Crippen LogP contribution < -0.4 is 19.9 Å². The van der Waals surface area contributed by atoms with Crippen molar-refractivity contribution in [2.75, 3.05) is 25.1 Å². The number of aromatic nitrogens is 6. The Morgan fingerprint density at radius 2 is 2.00 bits per heavy atom. The number of methoxy groups -OCH3 is 1. The Morgan fingerprint density at radius 3 is 2.70 bits per heavy atom. The number of aromatic amines is 1. The Bertz CT molecular complexity index is 1450. The number of rotatable bonds is 8. The van der Waals surface area contributed by atoms with Gasteiger partial charge in [0.1, 0.15) is 11.9 Å². The van der Waals surface area contributed by atoms with Gasteiger partial charge in [-0.05, 0) is 18.6 Å². The normalized spacial score (nSPS) is 14.6. The van der Waals surface area contributed by atoms with Gasteiger partial charge in [0.05, 0.1) is 13.3 Å². The molecule has 5 rings (SSSR count). The molecule has 3 aromatic heterocycles. The van der Waals surface area contributed by atoms with E-state index in [9.17, 15) is 13.6 Å². The van der Waals surface area contributed by atoms with Crippen molar-refractivity contribution < 1.29 is 18.3 Å². The highest BCUT2D eigenvalue weighted by Crippen LogP contribution is 2.31. The smallest absolute Gasteiger partial charge is 0.295 e. The lowest BCUT2D eigenvalue weighted by Gasteiger charge is -2.33. The molecule has 1 N–H and O–H groups in total. The molecular weight excluding hydrogens is 484 g/mol. The molecule has 0 bridgehead atoms. The lowest BCUT2D eigenvalue weighted by Crippen LogP contribution is -2.38. The van der Waals surface area contributed by atoms with Gasteiger partial charge in [0.2, 0.25) is 0 Å². The Morgan fingerprint density at radius 1 is 1.22 bits per heavy atom. The van der Waals surface area contributed by atoms with Crippen molar-refractivity contribution in [3.63, 3.8) is 0 Å². The molecule has 1 fully saturated rings. The highest BCUT2D eigenvalue weighted by atomic mass is 19.3. The highest BCUT2D eigenvalue weighted by molar-refractivity contribution is 5.75. The van der Waals surface area contributed by atoms with Crippen LogP contribution in [0.3, 0.4) is 0 Å². The van der Waals surface area contributed by atoms with Gasteiger partial charge < -0.3 is 19.4 Å². The van der Waals surface area contributed by atoms with Crippen molar-refractivity contribution in [2.45, 2.75) is 45.3 Å². The summed E-state index contributed by atoms with van der Waals surface area (Å²) < 4.78 is 41.4. The van der Waals surface area contributed by atoms with Crippen molar-refractivity contribution in [2.24, 2.45) is 7.05 Å². The van der Waals surface area contributed by atoms with Crippen LogP contribution in [0.1, 0.15) is 38.4 Å². The van der Waals surface area contributed by atoms with E-state index in [1.165, 1.54) is 0 Å². The highest BCUT2D eigenvalue weighted by Gasteiger charge is 2.26. The zero-order chi connectivity index (χ0) is 26.1. The average molecular weight is 514 g/mol. The van der Waals surface area contributed by atoms with Crippen LogP contribution in [-0.4, -0.2) is 55.6 Å². The summed E-state index contributed by atoms with van der Waals surface area (Å²) >= 11 is 0. The molecule has 196 valence electrons. The van der Waals surface area contributed by atoms with E-state index in [4.69, 9.17) is 9.47 Å². The molecule has 0 spiro atoms. The monoisotopic (exact) mass is 513 g/mol. The van der Waals surface area contributed by atoms with Crippen LogP contribution in [0, 0.1) is 0 Å². The van der Waals surface area contributed by atoms with Gasteiger partial charge in [-0.1, -0.05) is 13.0 Å². The van der Waals surface area contributed by atoms with Crippen LogP contribution in [0.25, 0.3) is 22.7 Å². The fourth-order valence-electron chi connectivity index (χ4n) is 4.66. The van der Waals surface area contributed by atoms with Crippen LogP contribution in [0.5, 0.6) is 11.5 Å². The van der Waals surface area contributed by atoms with E-state index in [1.807, 2.05) is 25.1 Å². The lowest BCUT2D eigenvalue weighted by atomic mass is 10.1. The number of alkyl halides is 2. The number of fused-ring (bicyclic) bond motifs is 1. The van der Waals surface area contributed by atoms with Crippen LogP contribution in [-0.2, 0) is 13.6 Å². The minimum Gasteiger partial charge on any atom is -0.497 e. The predicted molar refractivity (Wildman–Crippen MR) is 134 cm³/mol. The van der Waals surface area contributed by atoms with E-state index in [1.54, 1.807) is 25.0 Å². The van der Waals surface area contributed by atoms with Gasteiger partial charge in [0.15, 0.2) is 34.3 Å². The lowest BCUT2D eigenvalue weighted by molar-refractivity contribution is 0.133. The summed E-state index contributed by atoms with van der Waals surface area (Å²) in [5.74, 6) is 0.985. The van der Waals surface area contributed by atoms with E-state index < -0.39 is 17.8 Å². The first-order valence-corrected chi connectivity index (χ1v) is 12.3. The number of aryl methyl sites for hydroxylation is 1. The summed E-state index contributed by atoms with van der Waals surface area (Å²) in [7, 11) is 3.41. The van der Waals surface area contributed by atoms with Gasteiger partial charge in [-0.2, -0.15) is 5.10 Å². The molecule has 1 aromatic carbocycles. The zero-order valence-corrected chi connectivity index (χ0v) is 20.9. The summed E-state index contributed by atoms with van der Waals surface area (Å²) in [6, 6.07) is 7.98. The number of nitrogens with one attached hydrogen (secondary N) is 1. The minimum absolute atomic E-state index is 0.0421. The van der Waals surface area contributed by atoms with Gasteiger partial charge in [-0.25, -0.2) is 18.7 Å². The largest absolute Gasteiger partial charge is 0.497 e. The van der Waals surface area contributed by atoms with Gasteiger partial charge in [0, 0.05) is 51.3 Å². The second-order valence-electron chi connectivity index (χ2n) is 9.03. The molecule has 0 amide bonds. The second-order valence-corrected chi connectivity index (χ2v) is 9.03. The van der Waals surface area contributed by atoms with Gasteiger partial charge >= 0.3 is 0 Å². The number of H-pyrrole nitrogens is 1. The number of hydrogen-bond donors (Lipinski definition) is 1. The predicted octanol–water partition coefficient (Wildman–Crippen LogP) is 3.92. The van der Waals surface area contributed by atoms with E-state index >= 15 is 0 Å². The number of piperidine rings is 1. The zero-order valence-electron chi connectivity index (χ0n) is 20.9. The standard InChI is InChI=1S/C25H29F2N7O3/c1-4-10-34-24(21(26)27)30-23-20(25(34)35)28-22(29-23)19-18(14-32(2)31-19)37-16-8-11-33(12-9-16)15-6-5-7-17(13-15)36-3/h5-7,13-14,16,21H,4,8-12H2,1-3H3,(H,28,29). The summed E-state index contributed by atoms with van der Waals surface area (Å²) in [4.78, 5) is 26.5. The molecule has 0 radical (unpaired) electrons. The summed E-state index contributed by atoms with van der Waals surface area (Å²) in [6.45, 7) is 3.58. The van der Waals surface area contributed by atoms with Gasteiger partial charge in [-0.15, -0.1) is 0 Å². The van der Waals surface area contributed by atoms with E-state index in [2.05, 4.69) is 31.0 Å². The molecule has 4 aromatic rings. The molecule has 0 aliphatic carbocycles. The molecule has 0 atom stereocenters. The topological polar surface area (TPSA) is 103 Å². The molecule has 1 aliphatic heterocycles. The summed E-state index contributed by atoms with van der Waals surface area (Å²) in [6.07, 6.45) is 0.923. The molecule has 0 unspecified atom stereocenters. The molecule has 12 heteroatoms. The van der Waals surface area contributed by atoms with Crippen molar-refractivity contribution >= 4 is 16.9 Å². The number of hydrogen-bond acceptors (Lipinski definition) is 7. The number of ether oxygens (including phenoxy) is 2. The summed E-state index contributed by atoms with van der Waals surface area (Å²) in [5, 5.41) is 4.46. The fraction of sp³-hybridized carbons (Fsp3) is 0.440. The van der Waals surface area contributed by atoms with Crippen molar-refractivity contribution in [3.05, 3.63) is 46.6 Å². The first kappa shape index (κ1) is 24.7. The quantitative estimate of drug-likeness (QED) is 0.381. The third kappa shape index (κ3) is 4.87.